The van der Waals surface area contributed by atoms with Crippen molar-refractivity contribution in [1.29, 1.82) is 0 Å². The van der Waals surface area contributed by atoms with Crippen LogP contribution in [0.1, 0.15) is 51.5 Å². The first kappa shape index (κ1) is 19.5. The number of rotatable bonds is 13. The van der Waals surface area contributed by atoms with Crippen LogP contribution in [0.5, 0.6) is 0 Å². The quantitative estimate of drug-likeness (QED) is 0.415. The van der Waals surface area contributed by atoms with Crippen LogP contribution in [-0.2, 0) is 6.54 Å². The summed E-state index contributed by atoms with van der Waals surface area (Å²) in [6.07, 6.45) is 8.63. The normalized spacial score (nSPS) is 11.3. The Morgan fingerprint density at radius 2 is 1.50 bits per heavy atom. The molecular formula is C19H34N2S. The maximum absolute atomic E-state index is 3.57. The summed E-state index contributed by atoms with van der Waals surface area (Å²) < 4.78 is 0. The molecule has 0 aliphatic rings. The van der Waals surface area contributed by atoms with Crippen molar-refractivity contribution in [3.63, 3.8) is 0 Å². The van der Waals surface area contributed by atoms with E-state index in [-0.39, 0.29) is 0 Å². The predicted molar refractivity (Wildman–Crippen MR) is 101 cm³/mol. The van der Waals surface area contributed by atoms with Crippen LogP contribution in [0.25, 0.3) is 0 Å². The van der Waals surface area contributed by atoms with Crippen molar-refractivity contribution in [1.82, 2.24) is 10.2 Å². The maximum atomic E-state index is 3.57. The molecule has 2 nitrogen and oxygen atoms in total. The van der Waals surface area contributed by atoms with Crippen molar-refractivity contribution in [2.24, 2.45) is 0 Å². The highest BCUT2D eigenvalue weighted by Crippen LogP contribution is 2.14. The van der Waals surface area contributed by atoms with E-state index in [4.69, 9.17) is 0 Å². The lowest BCUT2D eigenvalue weighted by Gasteiger charge is -2.21. The first-order valence-corrected chi connectivity index (χ1v) is 10.1. The zero-order chi connectivity index (χ0) is 16.0. The van der Waals surface area contributed by atoms with Gasteiger partial charge in [-0.3, -0.25) is 0 Å². The molecule has 0 spiro atoms. The molecule has 0 unspecified atom stereocenters. The first-order chi connectivity index (χ1) is 10.8. The highest BCUT2D eigenvalue weighted by molar-refractivity contribution is 7.98. The van der Waals surface area contributed by atoms with Crippen LogP contribution in [-0.4, -0.2) is 37.3 Å². The van der Waals surface area contributed by atoms with Gasteiger partial charge in [0.1, 0.15) is 0 Å². The molecule has 0 bridgehead atoms. The van der Waals surface area contributed by atoms with E-state index in [2.05, 4.69) is 54.6 Å². The fourth-order valence-electron chi connectivity index (χ4n) is 2.50. The Bertz CT molecular complexity index is 356. The van der Waals surface area contributed by atoms with Crippen molar-refractivity contribution in [2.45, 2.75) is 57.4 Å². The van der Waals surface area contributed by atoms with E-state index in [1.807, 2.05) is 0 Å². The number of thioether (sulfide) groups is 1. The summed E-state index contributed by atoms with van der Waals surface area (Å²) in [6, 6.07) is 8.87. The van der Waals surface area contributed by atoms with Gasteiger partial charge in [-0.2, -0.15) is 0 Å². The SMILES string of the molecule is CCCCN(CCCC)CCCNCc1ccc(SC)cc1. The fraction of sp³-hybridized carbons (Fsp3) is 0.684. The molecule has 0 aromatic heterocycles. The molecule has 0 aliphatic carbocycles. The number of hydrogen-bond acceptors (Lipinski definition) is 3. The summed E-state index contributed by atoms with van der Waals surface area (Å²) in [7, 11) is 0. The summed E-state index contributed by atoms with van der Waals surface area (Å²) in [4.78, 5) is 3.98. The van der Waals surface area contributed by atoms with Crippen molar-refractivity contribution in [2.75, 3.05) is 32.4 Å². The van der Waals surface area contributed by atoms with Gasteiger partial charge in [0, 0.05) is 11.4 Å². The van der Waals surface area contributed by atoms with E-state index in [9.17, 15) is 0 Å². The number of nitrogens with zero attached hydrogens (tertiary/aromatic N) is 1. The number of benzene rings is 1. The van der Waals surface area contributed by atoms with E-state index in [0.717, 1.165) is 13.1 Å². The second-order valence-corrected chi connectivity index (χ2v) is 6.81. The fourth-order valence-corrected chi connectivity index (χ4v) is 2.91. The van der Waals surface area contributed by atoms with Crippen molar-refractivity contribution < 1.29 is 0 Å². The third-order valence-electron chi connectivity index (χ3n) is 3.97. The molecule has 1 rings (SSSR count). The predicted octanol–water partition coefficient (Wildman–Crippen LogP) is 4.79. The summed E-state index contributed by atoms with van der Waals surface area (Å²) in [5.74, 6) is 0. The zero-order valence-corrected chi connectivity index (χ0v) is 15.6. The molecule has 0 saturated carbocycles. The first-order valence-electron chi connectivity index (χ1n) is 8.86. The Kier molecular flexibility index (Phi) is 11.5. The smallest absolute Gasteiger partial charge is 0.0205 e. The van der Waals surface area contributed by atoms with Gasteiger partial charge < -0.3 is 10.2 Å². The molecule has 0 fully saturated rings. The van der Waals surface area contributed by atoms with Gasteiger partial charge >= 0.3 is 0 Å². The Morgan fingerprint density at radius 3 is 2.05 bits per heavy atom. The topological polar surface area (TPSA) is 15.3 Å². The van der Waals surface area contributed by atoms with Crippen LogP contribution in [0.3, 0.4) is 0 Å². The highest BCUT2D eigenvalue weighted by atomic mass is 32.2. The second-order valence-electron chi connectivity index (χ2n) is 5.93. The van der Waals surface area contributed by atoms with Gasteiger partial charge in [0.2, 0.25) is 0 Å². The molecule has 3 heteroatoms. The molecule has 0 radical (unpaired) electrons. The molecular weight excluding hydrogens is 288 g/mol. The van der Waals surface area contributed by atoms with Crippen LogP contribution >= 0.6 is 11.8 Å². The van der Waals surface area contributed by atoms with Gasteiger partial charge in [-0.05, 0) is 69.4 Å². The average molecular weight is 323 g/mol. The summed E-state index contributed by atoms with van der Waals surface area (Å²) in [5.41, 5.74) is 1.38. The minimum atomic E-state index is 0.985. The molecule has 22 heavy (non-hydrogen) atoms. The van der Waals surface area contributed by atoms with Gasteiger partial charge in [0.15, 0.2) is 0 Å². The third kappa shape index (κ3) is 8.82. The molecule has 1 N–H and O–H groups in total. The zero-order valence-electron chi connectivity index (χ0n) is 14.7. The molecule has 1 aromatic carbocycles. The van der Waals surface area contributed by atoms with Crippen LogP contribution in [0.15, 0.2) is 29.2 Å². The van der Waals surface area contributed by atoms with Crippen molar-refractivity contribution in [3.05, 3.63) is 29.8 Å². The Hall–Kier alpha value is -0.510. The third-order valence-corrected chi connectivity index (χ3v) is 4.72. The standard InChI is InChI=1S/C19H34N2S/c1-4-6-14-21(15-7-5-2)16-8-13-20-17-18-9-11-19(22-3)12-10-18/h9-12,20H,4-8,13-17H2,1-3H3. The van der Waals surface area contributed by atoms with E-state index in [1.54, 1.807) is 11.8 Å². The lowest BCUT2D eigenvalue weighted by Crippen LogP contribution is -2.29. The van der Waals surface area contributed by atoms with E-state index < -0.39 is 0 Å². The van der Waals surface area contributed by atoms with E-state index in [0.29, 0.717) is 0 Å². The maximum Gasteiger partial charge on any atom is 0.0205 e. The molecule has 1 aromatic rings. The average Bonchev–Trinajstić information content (AvgIpc) is 2.56. The molecule has 0 saturated heterocycles. The molecule has 126 valence electrons. The minimum Gasteiger partial charge on any atom is -0.313 e. The van der Waals surface area contributed by atoms with Crippen molar-refractivity contribution in [3.8, 4) is 0 Å². The van der Waals surface area contributed by atoms with Gasteiger partial charge in [-0.25, -0.2) is 0 Å². The Balaban J connectivity index is 2.15. The second kappa shape index (κ2) is 13.0. The number of nitrogens with one attached hydrogen (secondary N) is 1. The molecule has 0 heterocycles. The summed E-state index contributed by atoms with van der Waals surface area (Å²) >= 11 is 1.80. The van der Waals surface area contributed by atoms with Crippen LogP contribution < -0.4 is 5.32 Å². The monoisotopic (exact) mass is 322 g/mol. The van der Waals surface area contributed by atoms with Crippen LogP contribution in [0, 0.1) is 0 Å². The van der Waals surface area contributed by atoms with Gasteiger partial charge in [-0.15, -0.1) is 11.8 Å². The minimum absolute atomic E-state index is 0.985. The Morgan fingerprint density at radius 1 is 0.909 bits per heavy atom. The van der Waals surface area contributed by atoms with Gasteiger partial charge in [0.05, 0.1) is 0 Å². The lowest BCUT2D eigenvalue weighted by molar-refractivity contribution is 0.261. The summed E-state index contributed by atoms with van der Waals surface area (Å²) in [5, 5.41) is 3.57. The molecule has 0 atom stereocenters. The van der Waals surface area contributed by atoms with Gasteiger partial charge in [-0.1, -0.05) is 38.8 Å². The number of hydrogen-bond donors (Lipinski definition) is 1. The Labute approximate surface area is 142 Å². The summed E-state index contributed by atoms with van der Waals surface area (Å²) in [6.45, 7) is 10.4. The van der Waals surface area contributed by atoms with Gasteiger partial charge in [0.25, 0.3) is 0 Å². The lowest BCUT2D eigenvalue weighted by atomic mass is 10.2. The van der Waals surface area contributed by atoms with Crippen LogP contribution in [0.4, 0.5) is 0 Å². The van der Waals surface area contributed by atoms with E-state index in [1.165, 1.54) is 62.2 Å². The van der Waals surface area contributed by atoms with Crippen LogP contribution in [0.2, 0.25) is 0 Å². The molecule has 0 aliphatic heterocycles. The largest absolute Gasteiger partial charge is 0.313 e. The number of unbranched alkanes of at least 4 members (excludes halogenated alkanes) is 2. The highest BCUT2D eigenvalue weighted by Gasteiger charge is 2.03. The molecule has 0 amide bonds. The van der Waals surface area contributed by atoms with E-state index >= 15 is 0 Å². The van der Waals surface area contributed by atoms with Crippen molar-refractivity contribution >= 4 is 11.8 Å².